The highest BCUT2D eigenvalue weighted by atomic mass is 32.2. The summed E-state index contributed by atoms with van der Waals surface area (Å²) in [7, 11) is -3.57. The molecule has 0 radical (unpaired) electrons. The molecule has 1 unspecified atom stereocenters. The van der Waals surface area contributed by atoms with Crippen molar-refractivity contribution < 1.29 is 27.2 Å². The largest absolute Gasteiger partial charge is 0.433 e. The number of rotatable bonds is 6. The highest BCUT2D eigenvalue weighted by Crippen LogP contribution is 2.13. The Balaban J connectivity index is 0.000000472. The van der Waals surface area contributed by atoms with E-state index in [0.29, 0.717) is 0 Å². The van der Waals surface area contributed by atoms with Gasteiger partial charge in [-0.15, -0.1) is 0 Å². The van der Waals surface area contributed by atoms with Crippen LogP contribution >= 0.6 is 0 Å². The maximum atomic E-state index is 11.4. The van der Waals surface area contributed by atoms with Crippen molar-refractivity contribution in [3.63, 3.8) is 0 Å². The van der Waals surface area contributed by atoms with Crippen LogP contribution in [0.2, 0.25) is 0 Å². The molecule has 0 saturated carbocycles. The Hall–Kier alpha value is -1.96. The van der Waals surface area contributed by atoms with Gasteiger partial charge in [-0.3, -0.25) is 4.18 Å². The minimum atomic E-state index is -3.57. The summed E-state index contributed by atoms with van der Waals surface area (Å²) in [6.07, 6.45) is 1.60. The number of hydrogen-bond donors (Lipinski definition) is 1. The molecule has 0 aliphatic rings. The van der Waals surface area contributed by atoms with Crippen molar-refractivity contribution >= 4 is 22.2 Å². The maximum Gasteiger partial charge on any atom is 0.332 e. The van der Waals surface area contributed by atoms with Gasteiger partial charge in [-0.2, -0.15) is 8.42 Å². The third kappa shape index (κ3) is 7.72. The maximum absolute atomic E-state index is 11.4. The van der Waals surface area contributed by atoms with E-state index < -0.39 is 22.4 Å². The van der Waals surface area contributed by atoms with E-state index in [2.05, 4.69) is 22.1 Å². The van der Waals surface area contributed by atoms with Crippen molar-refractivity contribution in [1.82, 2.24) is 0 Å². The van der Waals surface area contributed by atoms with E-state index in [1.807, 2.05) is 0 Å². The van der Waals surface area contributed by atoms with Gasteiger partial charge in [0.05, 0.1) is 11.5 Å². The average molecular weight is 328 g/mol. The van der Waals surface area contributed by atoms with E-state index in [0.717, 1.165) is 11.6 Å². The normalized spacial score (nSPS) is 11.6. The molecule has 0 saturated heterocycles. The quantitative estimate of drug-likeness (QED) is 0.372. The minimum absolute atomic E-state index is 0.144. The molecule has 0 spiro atoms. The average Bonchev–Trinajstić information content (AvgIpc) is 2.47. The standard InChI is InChI=1S/C10H12O3S.C5H8O3/c1-3-9-5-7-10(8-6-9)14(11,12)13-4-2;1-3-5(7)8-4(2)6/h3,5-8H,1,4H2,2H3;3-4,6H,1H2,2H3. The van der Waals surface area contributed by atoms with Crippen LogP contribution in [0, 0.1) is 0 Å². The lowest BCUT2D eigenvalue weighted by Gasteiger charge is -2.02. The van der Waals surface area contributed by atoms with Crippen LogP contribution in [0.3, 0.4) is 0 Å². The molecule has 0 amide bonds. The molecule has 1 rings (SSSR count). The zero-order valence-electron chi connectivity index (χ0n) is 12.6. The zero-order chi connectivity index (χ0) is 17.2. The van der Waals surface area contributed by atoms with Crippen molar-refractivity contribution in [2.24, 2.45) is 0 Å². The first-order chi connectivity index (χ1) is 10.3. The second-order valence-electron chi connectivity index (χ2n) is 3.87. The van der Waals surface area contributed by atoms with Crippen LogP contribution in [-0.4, -0.2) is 32.4 Å². The van der Waals surface area contributed by atoms with Gasteiger partial charge in [0.1, 0.15) is 0 Å². The molecule has 1 aromatic carbocycles. The molecule has 22 heavy (non-hydrogen) atoms. The summed E-state index contributed by atoms with van der Waals surface area (Å²) in [6, 6.07) is 6.36. The molecular weight excluding hydrogens is 308 g/mol. The molecule has 0 aliphatic heterocycles. The Bertz CT molecular complexity index is 587. The fourth-order valence-corrected chi connectivity index (χ4v) is 2.13. The number of benzene rings is 1. The van der Waals surface area contributed by atoms with Gasteiger partial charge in [0.2, 0.25) is 0 Å². The summed E-state index contributed by atoms with van der Waals surface area (Å²) >= 11 is 0. The van der Waals surface area contributed by atoms with E-state index in [4.69, 9.17) is 5.11 Å². The molecule has 0 heterocycles. The molecule has 0 aliphatic carbocycles. The molecule has 1 aromatic rings. The van der Waals surface area contributed by atoms with Gasteiger partial charge in [0, 0.05) is 6.08 Å². The molecular formula is C15H20O6S. The SMILES string of the molecule is C=CC(=O)OC(C)O.C=Cc1ccc(S(=O)(=O)OCC)cc1. The molecule has 7 heteroatoms. The summed E-state index contributed by atoms with van der Waals surface area (Å²) in [6.45, 7) is 9.83. The van der Waals surface area contributed by atoms with Crippen LogP contribution in [0.4, 0.5) is 0 Å². The first-order valence-electron chi connectivity index (χ1n) is 6.39. The molecule has 6 nitrogen and oxygen atoms in total. The first kappa shape index (κ1) is 20.0. The predicted octanol–water partition coefficient (Wildman–Crippen LogP) is 2.11. The number of ether oxygens (including phenoxy) is 1. The Morgan fingerprint density at radius 1 is 1.32 bits per heavy atom. The van der Waals surface area contributed by atoms with E-state index >= 15 is 0 Å². The summed E-state index contributed by atoms with van der Waals surface area (Å²) in [5.41, 5.74) is 0.875. The molecule has 0 aromatic heterocycles. The Kier molecular flexibility index (Phi) is 9.00. The van der Waals surface area contributed by atoms with Crippen LogP contribution in [-0.2, 0) is 23.8 Å². The van der Waals surface area contributed by atoms with Gasteiger partial charge in [0.25, 0.3) is 10.1 Å². The van der Waals surface area contributed by atoms with Gasteiger partial charge < -0.3 is 9.84 Å². The lowest BCUT2D eigenvalue weighted by Crippen LogP contribution is -2.10. The van der Waals surface area contributed by atoms with Crippen molar-refractivity contribution in [2.75, 3.05) is 6.61 Å². The number of carbonyl (C=O) groups excluding carboxylic acids is 1. The number of aliphatic hydroxyl groups excluding tert-OH is 1. The fraction of sp³-hybridized carbons (Fsp3) is 0.267. The third-order valence-electron chi connectivity index (χ3n) is 2.13. The minimum Gasteiger partial charge on any atom is -0.433 e. The topological polar surface area (TPSA) is 89.9 Å². The smallest absolute Gasteiger partial charge is 0.332 e. The van der Waals surface area contributed by atoms with Crippen molar-refractivity contribution in [3.8, 4) is 0 Å². The highest BCUT2D eigenvalue weighted by Gasteiger charge is 2.12. The highest BCUT2D eigenvalue weighted by molar-refractivity contribution is 7.86. The van der Waals surface area contributed by atoms with Gasteiger partial charge >= 0.3 is 5.97 Å². The summed E-state index contributed by atoms with van der Waals surface area (Å²) in [4.78, 5) is 10.3. The van der Waals surface area contributed by atoms with Crippen molar-refractivity contribution in [3.05, 3.63) is 49.1 Å². The Morgan fingerprint density at radius 2 is 1.86 bits per heavy atom. The van der Waals surface area contributed by atoms with E-state index in [9.17, 15) is 13.2 Å². The lowest BCUT2D eigenvalue weighted by molar-refractivity contribution is -0.158. The van der Waals surface area contributed by atoms with E-state index in [-0.39, 0.29) is 11.5 Å². The second-order valence-corrected chi connectivity index (χ2v) is 5.49. The molecule has 1 atom stereocenters. The first-order valence-corrected chi connectivity index (χ1v) is 7.80. The van der Waals surface area contributed by atoms with Gasteiger partial charge in [0.15, 0.2) is 6.29 Å². The van der Waals surface area contributed by atoms with Crippen molar-refractivity contribution in [2.45, 2.75) is 25.0 Å². The summed E-state index contributed by atoms with van der Waals surface area (Å²) in [5.74, 6) is -0.611. The number of hydrogen-bond acceptors (Lipinski definition) is 6. The summed E-state index contributed by atoms with van der Waals surface area (Å²) < 4.78 is 31.6. The number of esters is 1. The van der Waals surface area contributed by atoms with Crippen LogP contribution in [0.15, 0.2) is 48.4 Å². The van der Waals surface area contributed by atoms with Gasteiger partial charge in [-0.1, -0.05) is 31.4 Å². The second kappa shape index (κ2) is 9.88. The third-order valence-corrected chi connectivity index (χ3v) is 3.53. The molecule has 0 bridgehead atoms. The van der Waals surface area contributed by atoms with Gasteiger partial charge in [-0.25, -0.2) is 4.79 Å². The van der Waals surface area contributed by atoms with E-state index in [1.54, 1.807) is 25.1 Å². The molecule has 0 fully saturated rings. The number of carbonyl (C=O) groups is 1. The number of aliphatic hydroxyl groups is 1. The van der Waals surface area contributed by atoms with E-state index in [1.165, 1.54) is 19.1 Å². The van der Waals surface area contributed by atoms with Crippen LogP contribution in [0.25, 0.3) is 6.08 Å². The Morgan fingerprint density at radius 3 is 2.18 bits per heavy atom. The Labute approximate surface area is 130 Å². The zero-order valence-corrected chi connectivity index (χ0v) is 13.4. The summed E-state index contributed by atoms with van der Waals surface area (Å²) in [5, 5.41) is 8.36. The van der Waals surface area contributed by atoms with Crippen LogP contribution in [0.1, 0.15) is 19.4 Å². The fourth-order valence-electron chi connectivity index (χ4n) is 1.21. The predicted molar refractivity (Wildman–Crippen MR) is 83.3 cm³/mol. The van der Waals surface area contributed by atoms with Crippen LogP contribution < -0.4 is 0 Å². The van der Waals surface area contributed by atoms with Crippen LogP contribution in [0.5, 0.6) is 0 Å². The van der Waals surface area contributed by atoms with Gasteiger partial charge in [-0.05, 0) is 31.5 Å². The van der Waals surface area contributed by atoms with Crippen molar-refractivity contribution in [1.29, 1.82) is 0 Å². The molecule has 1 N–H and O–H groups in total. The monoisotopic (exact) mass is 328 g/mol. The lowest BCUT2D eigenvalue weighted by atomic mass is 10.2. The molecule has 122 valence electrons.